The molecule has 0 fully saturated rings. The number of carbonyl (C=O) groups excluding carboxylic acids is 1. The van der Waals surface area contributed by atoms with Crippen LogP contribution in [0.4, 0.5) is 0 Å². The van der Waals surface area contributed by atoms with Crippen LogP contribution in [0.3, 0.4) is 0 Å². The molecule has 1 aliphatic heterocycles. The van der Waals surface area contributed by atoms with Crippen LogP contribution in [0.1, 0.15) is 30.5 Å². The Kier molecular flexibility index (Phi) is 4.23. The average Bonchev–Trinajstić information content (AvgIpc) is 3.01. The van der Waals surface area contributed by atoms with Crippen molar-refractivity contribution in [2.45, 2.75) is 25.8 Å². The highest BCUT2D eigenvalue weighted by Gasteiger charge is 2.14. The number of carbonyl (C=O) groups is 1. The molecule has 0 saturated heterocycles. The maximum atomic E-state index is 12.1. The van der Waals surface area contributed by atoms with E-state index in [0.717, 1.165) is 22.6 Å². The summed E-state index contributed by atoms with van der Waals surface area (Å²) in [6, 6.07) is 9.57. The molecule has 3 rings (SSSR count). The van der Waals surface area contributed by atoms with E-state index < -0.39 is 0 Å². The third-order valence-corrected chi connectivity index (χ3v) is 3.66. The Morgan fingerprint density at radius 1 is 1.23 bits per heavy atom. The first-order valence-electron chi connectivity index (χ1n) is 7.30. The van der Waals surface area contributed by atoms with Crippen LogP contribution in [-0.2, 0) is 11.2 Å². The molecule has 1 aromatic carbocycles. The van der Waals surface area contributed by atoms with Crippen LogP contribution < -0.4 is 14.8 Å². The van der Waals surface area contributed by atoms with E-state index in [-0.39, 0.29) is 18.7 Å². The quantitative estimate of drug-likeness (QED) is 0.922. The van der Waals surface area contributed by atoms with Crippen molar-refractivity contribution in [3.05, 3.63) is 53.9 Å². The molecule has 5 heteroatoms. The van der Waals surface area contributed by atoms with Gasteiger partial charge in [-0.2, -0.15) is 0 Å². The Labute approximate surface area is 129 Å². The lowest BCUT2D eigenvalue weighted by molar-refractivity contribution is -0.121. The van der Waals surface area contributed by atoms with Crippen LogP contribution >= 0.6 is 0 Å². The molecule has 1 atom stereocenters. The summed E-state index contributed by atoms with van der Waals surface area (Å²) in [7, 11) is 0. The van der Waals surface area contributed by atoms with Crippen molar-refractivity contribution < 1.29 is 14.3 Å². The fraction of sp³-hybridized carbons (Fsp3) is 0.294. The predicted molar refractivity (Wildman–Crippen MR) is 81.7 cm³/mol. The summed E-state index contributed by atoms with van der Waals surface area (Å²) in [6.45, 7) is 2.23. The molecule has 1 aliphatic rings. The van der Waals surface area contributed by atoms with Crippen LogP contribution in [0.2, 0.25) is 0 Å². The third-order valence-electron chi connectivity index (χ3n) is 3.66. The standard InChI is InChI=1S/C17H18N2O3/c1-12(14-6-8-18-9-7-14)19-17(20)5-3-13-2-4-15-16(10-13)22-11-21-15/h2,4,6-10,12H,3,5,11H2,1H3,(H,19,20)/t12-/m1/s1. The van der Waals surface area contributed by atoms with Gasteiger partial charge in [-0.3, -0.25) is 9.78 Å². The number of benzene rings is 1. The van der Waals surface area contributed by atoms with Gasteiger partial charge in [0.1, 0.15) is 0 Å². The third kappa shape index (κ3) is 3.36. The smallest absolute Gasteiger partial charge is 0.231 e. The highest BCUT2D eigenvalue weighted by Crippen LogP contribution is 2.32. The van der Waals surface area contributed by atoms with Gasteiger partial charge in [0.25, 0.3) is 0 Å². The second kappa shape index (κ2) is 6.47. The van der Waals surface area contributed by atoms with E-state index >= 15 is 0 Å². The Morgan fingerprint density at radius 2 is 2.00 bits per heavy atom. The van der Waals surface area contributed by atoms with Crippen molar-refractivity contribution in [2.75, 3.05) is 6.79 Å². The van der Waals surface area contributed by atoms with Gasteiger partial charge in [-0.1, -0.05) is 6.07 Å². The molecule has 1 N–H and O–H groups in total. The van der Waals surface area contributed by atoms with Gasteiger partial charge in [-0.15, -0.1) is 0 Å². The zero-order valence-electron chi connectivity index (χ0n) is 12.4. The van der Waals surface area contributed by atoms with Crippen molar-refractivity contribution in [3.63, 3.8) is 0 Å². The molecule has 0 radical (unpaired) electrons. The van der Waals surface area contributed by atoms with Crippen molar-refractivity contribution in [2.24, 2.45) is 0 Å². The molecular weight excluding hydrogens is 280 g/mol. The molecule has 114 valence electrons. The zero-order chi connectivity index (χ0) is 15.4. The summed E-state index contributed by atoms with van der Waals surface area (Å²) in [5, 5.41) is 3.00. The minimum atomic E-state index is -0.0211. The topological polar surface area (TPSA) is 60.5 Å². The van der Waals surface area contributed by atoms with Crippen molar-refractivity contribution in [1.82, 2.24) is 10.3 Å². The molecule has 0 unspecified atom stereocenters. The Hall–Kier alpha value is -2.56. The normalized spacial score (nSPS) is 13.7. The number of nitrogens with zero attached hydrogens (tertiary/aromatic N) is 1. The van der Waals surface area contributed by atoms with Crippen molar-refractivity contribution in [3.8, 4) is 11.5 Å². The number of hydrogen-bond donors (Lipinski definition) is 1. The lowest BCUT2D eigenvalue weighted by Gasteiger charge is -2.14. The largest absolute Gasteiger partial charge is 0.454 e. The van der Waals surface area contributed by atoms with Gasteiger partial charge in [0.15, 0.2) is 11.5 Å². The van der Waals surface area contributed by atoms with E-state index in [0.29, 0.717) is 12.8 Å². The van der Waals surface area contributed by atoms with Gasteiger partial charge in [-0.25, -0.2) is 0 Å². The first-order valence-corrected chi connectivity index (χ1v) is 7.30. The van der Waals surface area contributed by atoms with Crippen LogP contribution in [0.15, 0.2) is 42.7 Å². The van der Waals surface area contributed by atoms with Crippen LogP contribution in [-0.4, -0.2) is 17.7 Å². The van der Waals surface area contributed by atoms with E-state index in [1.165, 1.54) is 0 Å². The highest BCUT2D eigenvalue weighted by molar-refractivity contribution is 5.76. The molecule has 2 heterocycles. The molecule has 0 spiro atoms. The summed E-state index contributed by atoms with van der Waals surface area (Å²) in [6.07, 6.45) is 4.57. The number of hydrogen-bond acceptors (Lipinski definition) is 4. The van der Waals surface area contributed by atoms with E-state index in [9.17, 15) is 4.79 Å². The van der Waals surface area contributed by atoms with Gasteiger partial charge in [0.2, 0.25) is 12.7 Å². The van der Waals surface area contributed by atoms with E-state index in [2.05, 4.69) is 10.3 Å². The number of ether oxygens (including phenoxy) is 2. The van der Waals surface area contributed by atoms with Crippen LogP contribution in [0.25, 0.3) is 0 Å². The lowest BCUT2D eigenvalue weighted by Crippen LogP contribution is -2.26. The lowest BCUT2D eigenvalue weighted by atomic mass is 10.1. The van der Waals surface area contributed by atoms with Crippen molar-refractivity contribution in [1.29, 1.82) is 0 Å². The number of rotatable bonds is 5. The molecule has 1 amide bonds. The van der Waals surface area contributed by atoms with Gasteiger partial charge in [0, 0.05) is 18.8 Å². The summed E-state index contributed by atoms with van der Waals surface area (Å²) in [5.41, 5.74) is 2.11. The summed E-state index contributed by atoms with van der Waals surface area (Å²) in [4.78, 5) is 16.0. The Bertz CT molecular complexity index is 658. The molecule has 1 aromatic heterocycles. The Morgan fingerprint density at radius 3 is 2.82 bits per heavy atom. The zero-order valence-corrected chi connectivity index (χ0v) is 12.4. The minimum Gasteiger partial charge on any atom is -0.454 e. The number of aromatic nitrogens is 1. The fourth-order valence-corrected chi connectivity index (χ4v) is 2.40. The van der Waals surface area contributed by atoms with Crippen LogP contribution in [0.5, 0.6) is 11.5 Å². The highest BCUT2D eigenvalue weighted by atomic mass is 16.7. The summed E-state index contributed by atoms with van der Waals surface area (Å²) >= 11 is 0. The molecule has 0 saturated carbocycles. The first kappa shape index (κ1) is 14.4. The SMILES string of the molecule is C[C@@H](NC(=O)CCc1ccc2c(c1)OCO2)c1ccncc1. The fourth-order valence-electron chi connectivity index (χ4n) is 2.40. The maximum absolute atomic E-state index is 12.1. The number of aryl methyl sites for hydroxylation is 1. The van der Waals surface area contributed by atoms with E-state index in [1.54, 1.807) is 12.4 Å². The van der Waals surface area contributed by atoms with Gasteiger partial charge in [0.05, 0.1) is 6.04 Å². The molecule has 22 heavy (non-hydrogen) atoms. The van der Waals surface area contributed by atoms with Gasteiger partial charge < -0.3 is 14.8 Å². The molecular formula is C17H18N2O3. The molecule has 0 aliphatic carbocycles. The van der Waals surface area contributed by atoms with Crippen LogP contribution in [0, 0.1) is 0 Å². The maximum Gasteiger partial charge on any atom is 0.231 e. The minimum absolute atomic E-state index is 0.0211. The first-order chi connectivity index (χ1) is 10.7. The molecule has 0 bridgehead atoms. The monoisotopic (exact) mass is 298 g/mol. The second-order valence-corrected chi connectivity index (χ2v) is 5.26. The summed E-state index contributed by atoms with van der Waals surface area (Å²) < 4.78 is 10.6. The number of pyridine rings is 1. The second-order valence-electron chi connectivity index (χ2n) is 5.26. The average molecular weight is 298 g/mol. The van der Waals surface area contributed by atoms with Gasteiger partial charge >= 0.3 is 0 Å². The van der Waals surface area contributed by atoms with E-state index in [1.807, 2.05) is 37.3 Å². The number of amides is 1. The van der Waals surface area contributed by atoms with Crippen molar-refractivity contribution >= 4 is 5.91 Å². The molecule has 2 aromatic rings. The predicted octanol–water partition coefficient (Wildman–Crippen LogP) is 2.62. The Balaban J connectivity index is 1.52. The number of nitrogens with one attached hydrogen (secondary N) is 1. The number of fused-ring (bicyclic) bond motifs is 1. The van der Waals surface area contributed by atoms with E-state index in [4.69, 9.17) is 9.47 Å². The van der Waals surface area contributed by atoms with Gasteiger partial charge in [-0.05, 0) is 48.7 Å². The summed E-state index contributed by atoms with van der Waals surface area (Å²) in [5.74, 6) is 1.55. The molecule has 5 nitrogen and oxygen atoms in total.